The highest BCUT2D eigenvalue weighted by Gasteiger charge is 2.37. The lowest BCUT2D eigenvalue weighted by Crippen LogP contribution is -2.46. The number of hydrogen-bond donors (Lipinski definition) is 3. The average Bonchev–Trinajstić information content (AvgIpc) is 3.57. The van der Waals surface area contributed by atoms with Crippen LogP contribution in [-0.4, -0.2) is 47.3 Å². The Balaban J connectivity index is 1.86. The maximum absolute atomic E-state index is 14.1. The van der Waals surface area contributed by atoms with Gasteiger partial charge < -0.3 is 31.2 Å². The van der Waals surface area contributed by atoms with Crippen LogP contribution in [0, 0.1) is 0 Å². The van der Waals surface area contributed by atoms with E-state index in [0.717, 1.165) is 42.8 Å². The van der Waals surface area contributed by atoms with E-state index in [-0.39, 0.29) is 34.8 Å². The quantitative estimate of drug-likeness (QED) is 0.359. The molecule has 1 aromatic heterocycles. The normalized spacial score (nSPS) is 14.1. The van der Waals surface area contributed by atoms with E-state index in [9.17, 15) is 14.4 Å². The van der Waals surface area contributed by atoms with Gasteiger partial charge in [0.2, 0.25) is 5.91 Å². The summed E-state index contributed by atoms with van der Waals surface area (Å²) in [5.74, 6) is -0.839. The van der Waals surface area contributed by atoms with Crippen LogP contribution in [0.15, 0.2) is 48.5 Å². The Morgan fingerprint density at radius 1 is 1.11 bits per heavy atom. The molecule has 3 aromatic rings. The molecular formula is C27H31N5O5S. The maximum atomic E-state index is 14.1. The number of hydrogen-bond acceptors (Lipinski definition) is 8. The van der Waals surface area contributed by atoms with Crippen LogP contribution in [0.1, 0.15) is 63.0 Å². The first-order valence-corrected chi connectivity index (χ1v) is 13.0. The van der Waals surface area contributed by atoms with Crippen LogP contribution in [0.5, 0.6) is 11.5 Å². The first-order valence-electron chi connectivity index (χ1n) is 12.3. The fraction of sp³-hybridized carbons (Fsp3) is 0.333. The lowest BCUT2D eigenvalue weighted by molar-refractivity contribution is -0.126. The molecule has 0 unspecified atom stereocenters. The van der Waals surface area contributed by atoms with E-state index in [1.54, 1.807) is 18.2 Å². The molecule has 1 aliphatic carbocycles. The average molecular weight is 538 g/mol. The number of carbonyl (C=O) groups excluding carboxylic acids is 3. The fourth-order valence-corrected chi connectivity index (χ4v) is 5.44. The van der Waals surface area contributed by atoms with Crippen LogP contribution in [0.25, 0.3) is 0 Å². The zero-order chi connectivity index (χ0) is 27.2. The molecule has 1 fully saturated rings. The fourth-order valence-electron chi connectivity index (χ4n) is 4.67. The number of ether oxygens (including phenoxy) is 2. The third-order valence-electron chi connectivity index (χ3n) is 6.61. The molecule has 1 atom stereocenters. The molecule has 200 valence electrons. The zero-order valence-electron chi connectivity index (χ0n) is 21.3. The third-order valence-corrected chi connectivity index (χ3v) is 7.46. The minimum absolute atomic E-state index is 0.00483. The summed E-state index contributed by atoms with van der Waals surface area (Å²) in [5.41, 5.74) is 12.5. The highest BCUT2D eigenvalue weighted by Crippen LogP contribution is 2.36. The Kier molecular flexibility index (Phi) is 8.47. The molecule has 3 amide bonds. The van der Waals surface area contributed by atoms with Gasteiger partial charge in [-0.15, -0.1) is 0 Å². The molecule has 0 spiro atoms. The number of benzene rings is 2. The number of carbonyl (C=O) groups is 3. The molecular weight excluding hydrogens is 506 g/mol. The van der Waals surface area contributed by atoms with E-state index in [2.05, 4.69) is 9.69 Å². The Morgan fingerprint density at radius 2 is 1.82 bits per heavy atom. The summed E-state index contributed by atoms with van der Waals surface area (Å²) in [5, 5.41) is 3.13. The smallest absolute Gasteiger partial charge is 0.270 e. The molecule has 4 rings (SSSR count). The maximum Gasteiger partial charge on any atom is 0.270 e. The van der Waals surface area contributed by atoms with Crippen LogP contribution in [0.3, 0.4) is 0 Å². The predicted molar refractivity (Wildman–Crippen MR) is 144 cm³/mol. The van der Waals surface area contributed by atoms with Crippen molar-refractivity contribution in [3.05, 3.63) is 70.2 Å². The van der Waals surface area contributed by atoms with E-state index < -0.39 is 17.9 Å². The highest BCUT2D eigenvalue weighted by atomic mass is 32.1. The van der Waals surface area contributed by atoms with Crippen molar-refractivity contribution in [1.29, 1.82) is 0 Å². The lowest BCUT2D eigenvalue weighted by Gasteiger charge is -2.33. The standard InChI is InChI=1S/C27H31N5O5S/c1-36-18-12-13-20(37-2)19(14-18)23(26(34)30-17-10-6-7-11-17)32(15-16-8-4-3-5-9-16)27(35)24-21(28)22(25(29)33)31-38-24/h3-5,8-9,12-14,17,23H,6-7,10-11,15,28H2,1-2H3,(H2,29,33)(H,30,34)/t23-/m0/s1. The minimum atomic E-state index is -1.10. The van der Waals surface area contributed by atoms with Crippen molar-refractivity contribution in [1.82, 2.24) is 14.6 Å². The van der Waals surface area contributed by atoms with Gasteiger partial charge in [0, 0.05) is 18.2 Å². The van der Waals surface area contributed by atoms with E-state index >= 15 is 0 Å². The van der Waals surface area contributed by atoms with E-state index in [4.69, 9.17) is 20.9 Å². The van der Waals surface area contributed by atoms with Gasteiger partial charge in [0.25, 0.3) is 11.8 Å². The number of nitrogens with zero attached hydrogens (tertiary/aromatic N) is 2. The summed E-state index contributed by atoms with van der Waals surface area (Å²) in [6.07, 6.45) is 3.78. The Morgan fingerprint density at radius 3 is 2.42 bits per heavy atom. The topological polar surface area (TPSA) is 150 Å². The molecule has 10 nitrogen and oxygen atoms in total. The summed E-state index contributed by atoms with van der Waals surface area (Å²) in [6.45, 7) is 0.0754. The zero-order valence-corrected chi connectivity index (χ0v) is 22.1. The predicted octanol–water partition coefficient (Wildman–Crippen LogP) is 3.28. The molecule has 0 aliphatic heterocycles. The van der Waals surface area contributed by atoms with Gasteiger partial charge in [0.15, 0.2) is 5.69 Å². The molecule has 1 aliphatic rings. The Labute approximate surface area is 225 Å². The molecule has 1 heterocycles. The van der Waals surface area contributed by atoms with Crippen molar-refractivity contribution in [2.75, 3.05) is 20.0 Å². The minimum Gasteiger partial charge on any atom is -0.497 e. The molecule has 0 saturated heterocycles. The number of nitrogens with two attached hydrogens (primary N) is 2. The number of aromatic nitrogens is 1. The summed E-state index contributed by atoms with van der Waals surface area (Å²) < 4.78 is 15.1. The number of rotatable bonds is 10. The van der Waals surface area contributed by atoms with E-state index in [0.29, 0.717) is 17.1 Å². The van der Waals surface area contributed by atoms with Gasteiger partial charge in [-0.25, -0.2) is 0 Å². The SMILES string of the molecule is COc1ccc(OC)c([C@@H](C(=O)NC2CCCC2)N(Cc2ccccc2)C(=O)c2snc(C(N)=O)c2N)c1. The summed E-state index contributed by atoms with van der Waals surface area (Å²) in [4.78, 5) is 41.4. The third kappa shape index (κ3) is 5.72. The summed E-state index contributed by atoms with van der Waals surface area (Å²) >= 11 is 0.772. The first kappa shape index (κ1) is 26.9. The van der Waals surface area contributed by atoms with Crippen molar-refractivity contribution in [2.45, 2.75) is 44.3 Å². The largest absolute Gasteiger partial charge is 0.497 e. The van der Waals surface area contributed by atoms with Gasteiger partial charge in [-0.3, -0.25) is 14.4 Å². The van der Waals surface area contributed by atoms with E-state index in [1.807, 2.05) is 30.3 Å². The van der Waals surface area contributed by atoms with Gasteiger partial charge in [0.05, 0.1) is 19.9 Å². The summed E-state index contributed by atoms with van der Waals surface area (Å²) in [7, 11) is 3.02. The van der Waals surface area contributed by atoms with Crippen LogP contribution >= 0.6 is 11.5 Å². The second kappa shape index (κ2) is 12.0. The second-order valence-electron chi connectivity index (χ2n) is 9.06. The van der Waals surface area contributed by atoms with Crippen molar-refractivity contribution in [3.63, 3.8) is 0 Å². The van der Waals surface area contributed by atoms with Gasteiger partial charge in [0.1, 0.15) is 22.4 Å². The van der Waals surface area contributed by atoms with Crippen molar-refractivity contribution in [2.24, 2.45) is 5.73 Å². The Bertz CT molecular complexity index is 1310. The van der Waals surface area contributed by atoms with Crippen LogP contribution in [0.2, 0.25) is 0 Å². The molecule has 1 saturated carbocycles. The van der Waals surface area contributed by atoms with Crippen LogP contribution < -0.4 is 26.3 Å². The van der Waals surface area contributed by atoms with Crippen LogP contribution in [0.4, 0.5) is 5.69 Å². The number of nitrogens with one attached hydrogen (secondary N) is 1. The molecule has 11 heteroatoms. The molecule has 38 heavy (non-hydrogen) atoms. The summed E-state index contributed by atoms with van der Waals surface area (Å²) in [6, 6.07) is 13.3. The highest BCUT2D eigenvalue weighted by molar-refractivity contribution is 7.09. The van der Waals surface area contributed by atoms with Gasteiger partial charge in [-0.2, -0.15) is 4.37 Å². The number of anilines is 1. The molecule has 5 N–H and O–H groups in total. The number of primary amides is 1. The first-order chi connectivity index (χ1) is 18.3. The van der Waals surface area contributed by atoms with E-state index in [1.165, 1.54) is 19.1 Å². The second-order valence-corrected chi connectivity index (χ2v) is 9.83. The van der Waals surface area contributed by atoms with Crippen molar-refractivity contribution >= 4 is 34.9 Å². The van der Waals surface area contributed by atoms with Crippen molar-refractivity contribution < 1.29 is 23.9 Å². The Hall–Kier alpha value is -4.12. The van der Waals surface area contributed by atoms with Crippen molar-refractivity contribution in [3.8, 4) is 11.5 Å². The van der Waals surface area contributed by atoms with Gasteiger partial charge in [-0.05, 0) is 48.1 Å². The number of nitrogen functional groups attached to an aromatic ring is 1. The van der Waals surface area contributed by atoms with Crippen LogP contribution in [-0.2, 0) is 11.3 Å². The number of amides is 3. The monoisotopic (exact) mass is 537 g/mol. The van der Waals surface area contributed by atoms with Gasteiger partial charge >= 0.3 is 0 Å². The lowest BCUT2D eigenvalue weighted by atomic mass is 10.00. The molecule has 2 aromatic carbocycles. The van der Waals surface area contributed by atoms with Gasteiger partial charge in [-0.1, -0.05) is 43.2 Å². The number of methoxy groups -OCH3 is 2. The molecule has 0 radical (unpaired) electrons. The molecule has 0 bridgehead atoms.